The number of hydrogen-bond donors (Lipinski definition) is 1. The molecule has 1 saturated heterocycles. The number of hydrogen-bond acceptors (Lipinski definition) is 5. The van der Waals surface area contributed by atoms with Crippen molar-refractivity contribution in [2.24, 2.45) is 0 Å². The fraction of sp³-hybridized carbons (Fsp3) is 0.500. The molecule has 0 radical (unpaired) electrons. The van der Waals surface area contributed by atoms with Crippen LogP contribution in [0.2, 0.25) is 0 Å². The molecule has 0 saturated carbocycles. The molecule has 1 fully saturated rings. The van der Waals surface area contributed by atoms with Gasteiger partial charge in [-0.05, 0) is 19.9 Å². The summed E-state index contributed by atoms with van der Waals surface area (Å²) in [4.78, 5) is 13.8. The SMILES string of the molecule is Cc1cnc(C)c(N2CCN(Cc3ccn[nH]3)CC2)n1. The molecule has 0 aromatic carbocycles. The van der Waals surface area contributed by atoms with Gasteiger partial charge in [0.05, 0.1) is 11.4 Å². The second-order valence-electron chi connectivity index (χ2n) is 5.27. The fourth-order valence-electron chi connectivity index (χ4n) is 2.56. The summed E-state index contributed by atoms with van der Waals surface area (Å²) in [5.74, 6) is 1.03. The van der Waals surface area contributed by atoms with E-state index in [9.17, 15) is 0 Å². The minimum absolute atomic E-state index is 0.937. The fourth-order valence-corrected chi connectivity index (χ4v) is 2.56. The van der Waals surface area contributed by atoms with Gasteiger partial charge in [0.25, 0.3) is 0 Å². The Kier molecular flexibility index (Phi) is 3.64. The smallest absolute Gasteiger partial charge is 0.150 e. The van der Waals surface area contributed by atoms with Gasteiger partial charge in [0.1, 0.15) is 5.82 Å². The molecule has 3 heterocycles. The third-order valence-electron chi connectivity index (χ3n) is 3.68. The number of aryl methyl sites for hydroxylation is 2. The molecule has 0 spiro atoms. The summed E-state index contributed by atoms with van der Waals surface area (Å²) >= 11 is 0. The molecular formula is C14H20N6. The highest BCUT2D eigenvalue weighted by Crippen LogP contribution is 2.17. The predicted molar refractivity (Wildman–Crippen MR) is 77.6 cm³/mol. The number of nitrogens with zero attached hydrogens (tertiary/aromatic N) is 5. The second kappa shape index (κ2) is 5.58. The van der Waals surface area contributed by atoms with Gasteiger partial charge in [0.15, 0.2) is 0 Å². The van der Waals surface area contributed by atoms with Crippen molar-refractivity contribution in [3.05, 3.63) is 35.5 Å². The molecule has 106 valence electrons. The van der Waals surface area contributed by atoms with Crippen molar-refractivity contribution in [3.8, 4) is 0 Å². The first kappa shape index (κ1) is 13.1. The maximum Gasteiger partial charge on any atom is 0.150 e. The lowest BCUT2D eigenvalue weighted by molar-refractivity contribution is 0.246. The molecule has 3 rings (SSSR count). The molecule has 0 amide bonds. The van der Waals surface area contributed by atoms with E-state index in [-0.39, 0.29) is 0 Å². The Hall–Kier alpha value is -1.95. The lowest BCUT2D eigenvalue weighted by Crippen LogP contribution is -2.46. The molecule has 1 N–H and O–H groups in total. The monoisotopic (exact) mass is 272 g/mol. The van der Waals surface area contributed by atoms with Gasteiger partial charge < -0.3 is 4.90 Å². The van der Waals surface area contributed by atoms with Gasteiger partial charge in [0, 0.05) is 50.8 Å². The number of aromatic nitrogens is 4. The first-order chi connectivity index (χ1) is 9.72. The second-order valence-corrected chi connectivity index (χ2v) is 5.27. The third-order valence-corrected chi connectivity index (χ3v) is 3.68. The summed E-state index contributed by atoms with van der Waals surface area (Å²) < 4.78 is 0. The van der Waals surface area contributed by atoms with Crippen LogP contribution in [-0.4, -0.2) is 51.2 Å². The number of rotatable bonds is 3. The van der Waals surface area contributed by atoms with E-state index in [2.05, 4.69) is 30.0 Å². The summed E-state index contributed by atoms with van der Waals surface area (Å²) in [6.07, 6.45) is 3.63. The van der Waals surface area contributed by atoms with Crippen LogP contribution in [0.1, 0.15) is 17.1 Å². The van der Waals surface area contributed by atoms with Crippen LogP contribution in [0.25, 0.3) is 0 Å². The van der Waals surface area contributed by atoms with Gasteiger partial charge in [-0.1, -0.05) is 0 Å². The van der Waals surface area contributed by atoms with Crippen LogP contribution in [0.4, 0.5) is 5.82 Å². The highest BCUT2D eigenvalue weighted by atomic mass is 15.3. The van der Waals surface area contributed by atoms with E-state index in [1.54, 1.807) is 6.20 Å². The maximum atomic E-state index is 4.63. The normalized spacial score (nSPS) is 16.6. The Balaban J connectivity index is 1.62. The van der Waals surface area contributed by atoms with E-state index < -0.39 is 0 Å². The van der Waals surface area contributed by atoms with Crippen LogP contribution in [0.15, 0.2) is 18.5 Å². The molecule has 2 aromatic heterocycles. The van der Waals surface area contributed by atoms with Crippen LogP contribution in [0.3, 0.4) is 0 Å². The topological polar surface area (TPSA) is 60.9 Å². The average molecular weight is 272 g/mol. The Morgan fingerprint density at radius 1 is 1.20 bits per heavy atom. The van der Waals surface area contributed by atoms with Crippen molar-refractivity contribution >= 4 is 5.82 Å². The molecule has 0 aliphatic carbocycles. The van der Waals surface area contributed by atoms with E-state index in [0.29, 0.717) is 0 Å². The number of piperazine rings is 1. The van der Waals surface area contributed by atoms with Crippen molar-refractivity contribution in [2.75, 3.05) is 31.1 Å². The Morgan fingerprint density at radius 2 is 2.00 bits per heavy atom. The molecule has 1 aliphatic rings. The summed E-state index contributed by atoms with van der Waals surface area (Å²) in [7, 11) is 0. The summed E-state index contributed by atoms with van der Waals surface area (Å²) in [6, 6.07) is 2.03. The zero-order valence-corrected chi connectivity index (χ0v) is 12.0. The van der Waals surface area contributed by atoms with E-state index in [4.69, 9.17) is 0 Å². The van der Waals surface area contributed by atoms with Crippen molar-refractivity contribution in [1.29, 1.82) is 0 Å². The first-order valence-electron chi connectivity index (χ1n) is 6.98. The highest BCUT2D eigenvalue weighted by Gasteiger charge is 2.20. The van der Waals surface area contributed by atoms with E-state index >= 15 is 0 Å². The van der Waals surface area contributed by atoms with Crippen molar-refractivity contribution in [3.63, 3.8) is 0 Å². The van der Waals surface area contributed by atoms with E-state index in [0.717, 1.165) is 49.9 Å². The quantitative estimate of drug-likeness (QED) is 0.908. The molecule has 1 aliphatic heterocycles. The van der Waals surface area contributed by atoms with Crippen molar-refractivity contribution in [2.45, 2.75) is 20.4 Å². The number of aromatic amines is 1. The van der Waals surface area contributed by atoms with E-state index in [1.807, 2.05) is 26.1 Å². The highest BCUT2D eigenvalue weighted by molar-refractivity contribution is 5.43. The third kappa shape index (κ3) is 2.80. The Morgan fingerprint density at radius 3 is 2.70 bits per heavy atom. The van der Waals surface area contributed by atoms with Crippen LogP contribution in [0, 0.1) is 13.8 Å². The number of H-pyrrole nitrogens is 1. The lowest BCUT2D eigenvalue weighted by Gasteiger charge is -2.35. The van der Waals surface area contributed by atoms with Gasteiger partial charge in [-0.25, -0.2) is 4.98 Å². The predicted octanol–water partition coefficient (Wildman–Crippen LogP) is 1.14. The van der Waals surface area contributed by atoms with Crippen molar-refractivity contribution < 1.29 is 0 Å². The minimum atomic E-state index is 0.937. The zero-order chi connectivity index (χ0) is 13.9. The molecular weight excluding hydrogens is 252 g/mol. The van der Waals surface area contributed by atoms with Crippen LogP contribution >= 0.6 is 0 Å². The van der Waals surface area contributed by atoms with Crippen LogP contribution in [0.5, 0.6) is 0 Å². The molecule has 6 heteroatoms. The van der Waals surface area contributed by atoms with Gasteiger partial charge in [-0.3, -0.25) is 15.0 Å². The average Bonchev–Trinajstić information content (AvgIpc) is 2.95. The largest absolute Gasteiger partial charge is 0.353 e. The number of anilines is 1. The van der Waals surface area contributed by atoms with E-state index in [1.165, 1.54) is 5.69 Å². The molecule has 6 nitrogen and oxygen atoms in total. The zero-order valence-electron chi connectivity index (χ0n) is 12.0. The van der Waals surface area contributed by atoms with Gasteiger partial charge in [-0.2, -0.15) is 5.10 Å². The van der Waals surface area contributed by atoms with Crippen LogP contribution in [-0.2, 0) is 6.54 Å². The minimum Gasteiger partial charge on any atom is -0.353 e. The molecule has 0 atom stereocenters. The first-order valence-corrected chi connectivity index (χ1v) is 6.98. The lowest BCUT2D eigenvalue weighted by atomic mass is 10.2. The Bertz CT molecular complexity index is 557. The van der Waals surface area contributed by atoms with Gasteiger partial charge in [-0.15, -0.1) is 0 Å². The van der Waals surface area contributed by atoms with Gasteiger partial charge in [0.2, 0.25) is 0 Å². The van der Waals surface area contributed by atoms with Crippen molar-refractivity contribution in [1.82, 2.24) is 25.1 Å². The Labute approximate surface area is 118 Å². The molecule has 0 bridgehead atoms. The molecule has 0 unspecified atom stereocenters. The van der Waals surface area contributed by atoms with Gasteiger partial charge >= 0.3 is 0 Å². The number of nitrogens with one attached hydrogen (secondary N) is 1. The summed E-state index contributed by atoms with van der Waals surface area (Å²) in [5.41, 5.74) is 3.16. The standard InChI is InChI=1S/C14H20N6/c1-11-9-15-12(2)14(17-11)20-7-5-19(6-8-20)10-13-3-4-16-18-13/h3-4,9H,5-8,10H2,1-2H3,(H,16,18). The summed E-state index contributed by atoms with van der Waals surface area (Å²) in [6.45, 7) is 9.01. The molecule has 2 aromatic rings. The maximum absolute atomic E-state index is 4.63. The molecule has 20 heavy (non-hydrogen) atoms. The van der Waals surface area contributed by atoms with Crippen LogP contribution < -0.4 is 4.90 Å². The summed E-state index contributed by atoms with van der Waals surface area (Å²) in [5, 5.41) is 7.01.